The van der Waals surface area contributed by atoms with Gasteiger partial charge in [0.15, 0.2) is 0 Å². The Hall–Kier alpha value is -1.16. The van der Waals surface area contributed by atoms with Crippen molar-refractivity contribution in [2.45, 2.75) is 25.2 Å². The van der Waals surface area contributed by atoms with Crippen LogP contribution in [0.1, 0.15) is 30.6 Å². The minimum absolute atomic E-state index is 0.143. The van der Waals surface area contributed by atoms with E-state index in [-0.39, 0.29) is 5.56 Å². The maximum absolute atomic E-state index is 11.9. The number of carbonyl (C=O) groups is 1. The summed E-state index contributed by atoms with van der Waals surface area (Å²) in [7, 11) is -1.22. The van der Waals surface area contributed by atoms with Crippen LogP contribution in [0.5, 0.6) is 0 Å². The van der Waals surface area contributed by atoms with Crippen LogP contribution in [-0.2, 0) is 10.8 Å². The summed E-state index contributed by atoms with van der Waals surface area (Å²) in [6.07, 6.45) is 0.834. The lowest BCUT2D eigenvalue weighted by Gasteiger charge is -2.07. The Bertz CT molecular complexity index is 399. The second kappa shape index (κ2) is 5.80. The fourth-order valence-electron chi connectivity index (χ4n) is 1.29. The van der Waals surface area contributed by atoms with E-state index in [1.165, 1.54) is 6.07 Å². The summed E-state index contributed by atoms with van der Waals surface area (Å²) in [5, 5.41) is 8.96. The van der Waals surface area contributed by atoms with Crippen LogP contribution in [0.15, 0.2) is 29.2 Å². The Kier molecular flexibility index (Phi) is 4.68. The lowest BCUT2D eigenvalue weighted by molar-refractivity contribution is 0.0693. The van der Waals surface area contributed by atoms with E-state index in [1.54, 1.807) is 18.2 Å². The Balaban J connectivity index is 2.86. The fraction of sp³-hybridized carbons (Fsp3) is 0.417. The van der Waals surface area contributed by atoms with Gasteiger partial charge in [-0.2, -0.15) is 0 Å². The van der Waals surface area contributed by atoms with Crippen LogP contribution in [-0.4, -0.2) is 21.0 Å². The number of rotatable bonds is 5. The van der Waals surface area contributed by atoms with Crippen LogP contribution < -0.4 is 0 Å². The van der Waals surface area contributed by atoms with Gasteiger partial charge in [0.25, 0.3) is 0 Å². The molecule has 0 heterocycles. The molecule has 88 valence electrons. The number of aromatic carboxylic acids is 1. The highest BCUT2D eigenvalue weighted by Crippen LogP contribution is 2.15. The predicted molar refractivity (Wildman–Crippen MR) is 64.1 cm³/mol. The van der Waals surface area contributed by atoms with Crippen molar-refractivity contribution in [3.05, 3.63) is 29.8 Å². The first-order valence-corrected chi connectivity index (χ1v) is 6.55. The highest BCUT2D eigenvalue weighted by Gasteiger charge is 2.14. The molecule has 0 bridgehead atoms. The number of carboxylic acid groups (broad SMARTS) is 1. The second-order valence-electron chi connectivity index (χ2n) is 4.03. The summed E-state index contributed by atoms with van der Waals surface area (Å²) in [6.45, 7) is 4.11. The van der Waals surface area contributed by atoms with E-state index in [2.05, 4.69) is 13.8 Å². The molecule has 0 aliphatic rings. The molecule has 0 spiro atoms. The quantitative estimate of drug-likeness (QED) is 0.860. The van der Waals surface area contributed by atoms with Gasteiger partial charge in [-0.15, -0.1) is 0 Å². The van der Waals surface area contributed by atoms with Crippen molar-refractivity contribution < 1.29 is 14.1 Å². The molecule has 1 unspecified atom stereocenters. The van der Waals surface area contributed by atoms with Crippen LogP contribution >= 0.6 is 0 Å². The van der Waals surface area contributed by atoms with Crippen molar-refractivity contribution in [2.24, 2.45) is 5.92 Å². The first-order valence-electron chi connectivity index (χ1n) is 5.23. The maximum atomic E-state index is 11.9. The molecule has 0 amide bonds. The molecular weight excluding hydrogens is 224 g/mol. The van der Waals surface area contributed by atoms with Gasteiger partial charge >= 0.3 is 5.97 Å². The smallest absolute Gasteiger partial charge is 0.336 e. The van der Waals surface area contributed by atoms with E-state index in [1.807, 2.05) is 0 Å². The van der Waals surface area contributed by atoms with Crippen molar-refractivity contribution in [3.63, 3.8) is 0 Å². The summed E-state index contributed by atoms with van der Waals surface area (Å²) in [4.78, 5) is 11.4. The predicted octanol–water partition coefficient (Wildman–Crippen LogP) is 2.54. The zero-order chi connectivity index (χ0) is 12.1. The van der Waals surface area contributed by atoms with E-state index >= 15 is 0 Å². The van der Waals surface area contributed by atoms with Gasteiger partial charge in [0.05, 0.1) is 21.3 Å². The van der Waals surface area contributed by atoms with Crippen molar-refractivity contribution in [2.75, 3.05) is 5.75 Å². The van der Waals surface area contributed by atoms with E-state index in [0.717, 1.165) is 6.42 Å². The average molecular weight is 240 g/mol. The number of hydrogen-bond donors (Lipinski definition) is 1. The summed E-state index contributed by atoms with van der Waals surface area (Å²) in [6, 6.07) is 6.48. The lowest BCUT2D eigenvalue weighted by atomic mass is 10.2. The molecular formula is C12H16O3S. The lowest BCUT2D eigenvalue weighted by Crippen LogP contribution is -2.07. The topological polar surface area (TPSA) is 54.4 Å². The molecule has 3 nitrogen and oxygen atoms in total. The van der Waals surface area contributed by atoms with Crippen molar-refractivity contribution in [1.82, 2.24) is 0 Å². The van der Waals surface area contributed by atoms with Crippen molar-refractivity contribution in [3.8, 4) is 0 Å². The highest BCUT2D eigenvalue weighted by atomic mass is 32.2. The molecule has 0 aromatic heterocycles. The highest BCUT2D eigenvalue weighted by molar-refractivity contribution is 7.85. The van der Waals surface area contributed by atoms with Gasteiger partial charge in [0.1, 0.15) is 0 Å². The van der Waals surface area contributed by atoms with Gasteiger partial charge in [0.2, 0.25) is 0 Å². The Morgan fingerprint density at radius 1 is 1.38 bits per heavy atom. The minimum atomic E-state index is -1.22. The number of hydrogen-bond acceptors (Lipinski definition) is 2. The standard InChI is InChI=1S/C12H16O3S/c1-9(2)7-8-16(15)11-6-4-3-5-10(11)12(13)14/h3-6,9H,7-8H2,1-2H3,(H,13,14). The average Bonchev–Trinajstić information content (AvgIpc) is 2.25. The first-order chi connectivity index (χ1) is 7.52. The van der Waals surface area contributed by atoms with Crippen LogP contribution in [0.25, 0.3) is 0 Å². The normalized spacial score (nSPS) is 12.7. The molecule has 0 aliphatic heterocycles. The van der Waals surface area contributed by atoms with Gasteiger partial charge in [0, 0.05) is 5.75 Å². The summed E-state index contributed by atoms with van der Waals surface area (Å²) < 4.78 is 11.9. The van der Waals surface area contributed by atoms with Gasteiger partial charge < -0.3 is 5.11 Å². The molecule has 0 aliphatic carbocycles. The zero-order valence-electron chi connectivity index (χ0n) is 9.47. The summed E-state index contributed by atoms with van der Waals surface area (Å²) in [5.74, 6) is -0.0310. The molecule has 1 aromatic carbocycles. The summed E-state index contributed by atoms with van der Waals surface area (Å²) in [5.41, 5.74) is 0.143. The Morgan fingerprint density at radius 3 is 2.56 bits per heavy atom. The van der Waals surface area contributed by atoms with Crippen LogP contribution in [0.4, 0.5) is 0 Å². The number of benzene rings is 1. The molecule has 0 saturated carbocycles. The first kappa shape index (κ1) is 12.9. The largest absolute Gasteiger partial charge is 0.478 e. The molecule has 16 heavy (non-hydrogen) atoms. The zero-order valence-corrected chi connectivity index (χ0v) is 10.3. The van der Waals surface area contributed by atoms with Crippen molar-refractivity contribution >= 4 is 16.8 Å². The van der Waals surface area contributed by atoms with E-state index in [0.29, 0.717) is 16.6 Å². The second-order valence-corrected chi connectivity index (χ2v) is 5.57. The third-order valence-corrected chi connectivity index (χ3v) is 3.70. The maximum Gasteiger partial charge on any atom is 0.336 e. The van der Waals surface area contributed by atoms with Crippen LogP contribution in [0.3, 0.4) is 0 Å². The molecule has 1 aromatic rings. The third-order valence-electron chi connectivity index (χ3n) is 2.24. The van der Waals surface area contributed by atoms with Crippen molar-refractivity contribution in [1.29, 1.82) is 0 Å². The Morgan fingerprint density at radius 2 is 2.00 bits per heavy atom. The molecule has 1 rings (SSSR count). The van der Waals surface area contributed by atoms with Crippen LogP contribution in [0.2, 0.25) is 0 Å². The molecule has 4 heteroatoms. The monoisotopic (exact) mass is 240 g/mol. The molecule has 0 saturated heterocycles. The van der Waals surface area contributed by atoms with Gasteiger partial charge in [-0.3, -0.25) is 4.21 Å². The van der Waals surface area contributed by atoms with Gasteiger partial charge in [-0.1, -0.05) is 26.0 Å². The SMILES string of the molecule is CC(C)CCS(=O)c1ccccc1C(=O)O. The minimum Gasteiger partial charge on any atom is -0.478 e. The fourth-order valence-corrected chi connectivity index (χ4v) is 2.83. The number of carboxylic acids is 1. The molecule has 0 fully saturated rings. The van der Waals surface area contributed by atoms with E-state index < -0.39 is 16.8 Å². The molecule has 0 radical (unpaired) electrons. The molecule has 1 atom stereocenters. The summed E-state index contributed by atoms with van der Waals surface area (Å²) >= 11 is 0. The molecule has 1 N–H and O–H groups in total. The Labute approximate surface area is 98.0 Å². The third kappa shape index (κ3) is 3.45. The van der Waals surface area contributed by atoms with Gasteiger partial charge in [-0.05, 0) is 24.5 Å². The van der Waals surface area contributed by atoms with E-state index in [9.17, 15) is 9.00 Å². The van der Waals surface area contributed by atoms with Crippen LogP contribution in [0, 0.1) is 5.92 Å². The van der Waals surface area contributed by atoms with Gasteiger partial charge in [-0.25, -0.2) is 4.79 Å². The van der Waals surface area contributed by atoms with E-state index in [4.69, 9.17) is 5.11 Å².